The molecule has 3 aromatic carbocycles. The molecule has 0 bridgehead atoms. The predicted molar refractivity (Wildman–Crippen MR) is 157 cm³/mol. The first kappa shape index (κ1) is 27.6. The number of aliphatic hydroxyl groups is 1. The van der Waals surface area contributed by atoms with E-state index in [1.807, 2.05) is 67.6 Å². The van der Waals surface area contributed by atoms with Gasteiger partial charge in [0.05, 0.1) is 18.2 Å². The van der Waals surface area contributed by atoms with E-state index in [1.165, 1.54) is 4.90 Å². The van der Waals surface area contributed by atoms with Crippen molar-refractivity contribution < 1.29 is 24.2 Å². The number of carbonyl (C=O) groups is 2. The van der Waals surface area contributed by atoms with E-state index in [2.05, 4.69) is 11.9 Å². The van der Waals surface area contributed by atoms with Crippen LogP contribution in [0.2, 0.25) is 0 Å². The Hall–Kier alpha value is -4.91. The van der Waals surface area contributed by atoms with Gasteiger partial charge < -0.3 is 19.5 Å². The van der Waals surface area contributed by atoms with Crippen LogP contribution in [0, 0.1) is 6.92 Å². The van der Waals surface area contributed by atoms with Crippen LogP contribution in [0.4, 0.5) is 0 Å². The molecule has 1 aromatic heterocycles. The number of pyridine rings is 1. The number of amides is 1. The van der Waals surface area contributed by atoms with Crippen LogP contribution in [0.25, 0.3) is 5.76 Å². The number of rotatable bonds is 10. The molecule has 1 aliphatic rings. The third kappa shape index (κ3) is 6.14. The van der Waals surface area contributed by atoms with Gasteiger partial charge in [0, 0.05) is 24.5 Å². The van der Waals surface area contributed by atoms with Gasteiger partial charge in [0.15, 0.2) is 0 Å². The zero-order valence-corrected chi connectivity index (χ0v) is 23.1. The van der Waals surface area contributed by atoms with E-state index in [0.717, 1.165) is 24.0 Å². The first-order chi connectivity index (χ1) is 20.0. The monoisotopic (exact) mass is 548 g/mol. The highest BCUT2D eigenvalue weighted by molar-refractivity contribution is 6.46. The van der Waals surface area contributed by atoms with Crippen LogP contribution in [0.1, 0.15) is 48.1 Å². The second-order valence-corrected chi connectivity index (χ2v) is 9.95. The minimum atomic E-state index is -0.839. The molecular formula is C34H32N2O5. The number of benzene rings is 3. The Kier molecular flexibility index (Phi) is 8.44. The van der Waals surface area contributed by atoms with Crippen LogP contribution < -0.4 is 9.47 Å². The molecule has 1 atom stereocenters. The topological polar surface area (TPSA) is 89.0 Å². The molecule has 41 heavy (non-hydrogen) atoms. The standard InChI is InChI=1S/C34H32N2O5/c1-3-4-18-40-27-15-16-29(23(2)19-27)32(37)30-31(36(34(39)33(30)38)22-24-10-9-17-35-21-24)25-11-8-14-28(20-25)41-26-12-6-5-7-13-26/h5-17,19-21,31,37H,3-4,18,22H2,1-2H3. The molecule has 1 N–H and O–H groups in total. The summed E-state index contributed by atoms with van der Waals surface area (Å²) in [4.78, 5) is 32.7. The number of aryl methyl sites for hydroxylation is 1. The highest BCUT2D eigenvalue weighted by Gasteiger charge is 2.46. The molecule has 0 aliphatic carbocycles. The Morgan fingerprint density at radius 1 is 0.927 bits per heavy atom. The number of unbranched alkanes of at least 4 members (excludes halogenated alkanes) is 1. The van der Waals surface area contributed by atoms with Gasteiger partial charge in [-0.2, -0.15) is 0 Å². The lowest BCUT2D eigenvalue weighted by molar-refractivity contribution is -0.140. The summed E-state index contributed by atoms with van der Waals surface area (Å²) in [5, 5.41) is 11.6. The van der Waals surface area contributed by atoms with Crippen LogP contribution in [0.15, 0.2) is 103 Å². The lowest BCUT2D eigenvalue weighted by Crippen LogP contribution is -2.29. The number of ether oxygens (including phenoxy) is 2. The fourth-order valence-electron chi connectivity index (χ4n) is 4.92. The molecule has 1 aliphatic heterocycles. The molecule has 0 saturated carbocycles. The Morgan fingerprint density at radius 3 is 2.46 bits per heavy atom. The minimum Gasteiger partial charge on any atom is -0.507 e. The number of para-hydroxylation sites is 1. The number of aromatic nitrogens is 1. The summed E-state index contributed by atoms with van der Waals surface area (Å²) >= 11 is 0. The fourth-order valence-corrected chi connectivity index (χ4v) is 4.92. The van der Waals surface area contributed by atoms with Crippen molar-refractivity contribution in [1.29, 1.82) is 0 Å². The van der Waals surface area contributed by atoms with E-state index in [1.54, 1.807) is 36.7 Å². The molecule has 0 spiro atoms. The largest absolute Gasteiger partial charge is 0.507 e. The number of likely N-dealkylation sites (tertiary alicyclic amines) is 1. The third-order valence-corrected chi connectivity index (χ3v) is 6.99. The van der Waals surface area contributed by atoms with Gasteiger partial charge in [-0.3, -0.25) is 14.6 Å². The normalized spacial score (nSPS) is 16.1. The average Bonchev–Trinajstić information content (AvgIpc) is 3.23. The van der Waals surface area contributed by atoms with E-state index in [-0.39, 0.29) is 17.9 Å². The summed E-state index contributed by atoms with van der Waals surface area (Å²) in [5.41, 5.74) is 2.63. The lowest BCUT2D eigenvalue weighted by Gasteiger charge is -2.26. The van der Waals surface area contributed by atoms with Crippen LogP contribution in [0.5, 0.6) is 17.2 Å². The van der Waals surface area contributed by atoms with E-state index in [4.69, 9.17) is 9.47 Å². The van der Waals surface area contributed by atoms with Crippen LogP contribution >= 0.6 is 0 Å². The van der Waals surface area contributed by atoms with Crippen LogP contribution in [-0.4, -0.2) is 33.3 Å². The second kappa shape index (κ2) is 12.5. The Morgan fingerprint density at radius 2 is 1.73 bits per heavy atom. The van der Waals surface area contributed by atoms with E-state index < -0.39 is 17.7 Å². The summed E-state index contributed by atoms with van der Waals surface area (Å²) in [7, 11) is 0. The molecule has 4 aromatic rings. The maximum absolute atomic E-state index is 13.6. The average molecular weight is 549 g/mol. The van der Waals surface area contributed by atoms with Crippen molar-refractivity contribution in [3.05, 3.63) is 125 Å². The summed E-state index contributed by atoms with van der Waals surface area (Å²) in [5.74, 6) is 0.234. The van der Waals surface area contributed by atoms with E-state index in [0.29, 0.717) is 35.0 Å². The number of ketones is 1. The summed E-state index contributed by atoms with van der Waals surface area (Å²) in [6.45, 7) is 4.69. The molecule has 1 amide bonds. The van der Waals surface area contributed by atoms with Gasteiger partial charge in [0.2, 0.25) is 0 Å². The number of hydrogen-bond acceptors (Lipinski definition) is 6. The Bertz CT molecular complexity index is 1570. The van der Waals surface area contributed by atoms with Crippen LogP contribution in [-0.2, 0) is 16.1 Å². The smallest absolute Gasteiger partial charge is 0.295 e. The van der Waals surface area contributed by atoms with Crippen molar-refractivity contribution in [3.63, 3.8) is 0 Å². The van der Waals surface area contributed by atoms with Crippen molar-refractivity contribution in [1.82, 2.24) is 9.88 Å². The number of carbonyl (C=O) groups excluding carboxylic acids is 2. The van der Waals surface area contributed by atoms with Crippen molar-refractivity contribution in [2.24, 2.45) is 0 Å². The molecule has 1 saturated heterocycles. The molecule has 208 valence electrons. The lowest BCUT2D eigenvalue weighted by atomic mass is 9.93. The van der Waals surface area contributed by atoms with Crippen molar-refractivity contribution in [2.75, 3.05) is 6.61 Å². The van der Waals surface area contributed by atoms with Gasteiger partial charge in [0.25, 0.3) is 11.7 Å². The van der Waals surface area contributed by atoms with Gasteiger partial charge in [-0.15, -0.1) is 0 Å². The van der Waals surface area contributed by atoms with Crippen molar-refractivity contribution in [2.45, 2.75) is 39.3 Å². The van der Waals surface area contributed by atoms with Crippen LogP contribution in [0.3, 0.4) is 0 Å². The maximum atomic E-state index is 13.6. The summed E-state index contributed by atoms with van der Waals surface area (Å²) in [6.07, 6.45) is 5.27. The first-order valence-electron chi connectivity index (χ1n) is 13.7. The number of Topliss-reactive ketones (excluding diaryl/α,β-unsaturated/α-hetero) is 1. The van der Waals surface area contributed by atoms with Gasteiger partial charge in [-0.05, 0) is 78.6 Å². The molecule has 0 radical (unpaired) electrons. The highest BCUT2D eigenvalue weighted by Crippen LogP contribution is 2.42. The third-order valence-electron chi connectivity index (χ3n) is 6.99. The number of hydrogen-bond donors (Lipinski definition) is 1. The summed E-state index contributed by atoms with van der Waals surface area (Å²) < 4.78 is 11.9. The van der Waals surface area contributed by atoms with Gasteiger partial charge >= 0.3 is 0 Å². The summed E-state index contributed by atoms with van der Waals surface area (Å²) in [6, 6.07) is 24.7. The fraction of sp³-hybridized carbons (Fsp3) is 0.206. The van der Waals surface area contributed by atoms with Crippen molar-refractivity contribution in [3.8, 4) is 17.2 Å². The zero-order chi connectivity index (χ0) is 28.8. The molecule has 5 rings (SSSR count). The first-order valence-corrected chi connectivity index (χ1v) is 13.7. The zero-order valence-electron chi connectivity index (χ0n) is 23.1. The molecule has 7 heteroatoms. The molecule has 7 nitrogen and oxygen atoms in total. The van der Waals surface area contributed by atoms with Crippen molar-refractivity contribution >= 4 is 17.4 Å². The molecule has 1 fully saturated rings. The number of aliphatic hydroxyl groups excluding tert-OH is 1. The molecule has 2 heterocycles. The number of nitrogens with zero attached hydrogens (tertiary/aromatic N) is 2. The quantitative estimate of drug-likeness (QED) is 0.0995. The van der Waals surface area contributed by atoms with E-state index in [9.17, 15) is 14.7 Å². The van der Waals surface area contributed by atoms with Gasteiger partial charge in [-0.1, -0.05) is 49.7 Å². The second-order valence-electron chi connectivity index (χ2n) is 9.95. The highest BCUT2D eigenvalue weighted by atomic mass is 16.5. The Balaban J connectivity index is 1.57. The molecule has 1 unspecified atom stereocenters. The SMILES string of the molecule is CCCCOc1ccc(C(O)=C2C(=O)C(=O)N(Cc3cccnc3)C2c2cccc(Oc3ccccc3)c2)c(C)c1. The van der Waals surface area contributed by atoms with Gasteiger partial charge in [0.1, 0.15) is 23.0 Å². The van der Waals surface area contributed by atoms with E-state index >= 15 is 0 Å². The minimum absolute atomic E-state index is 0.0264. The van der Waals surface area contributed by atoms with Gasteiger partial charge in [-0.25, -0.2) is 0 Å². The molecular weight excluding hydrogens is 516 g/mol. The Labute approximate surface area is 239 Å². The predicted octanol–water partition coefficient (Wildman–Crippen LogP) is 6.98. The maximum Gasteiger partial charge on any atom is 0.295 e.